The molecule has 23 heavy (non-hydrogen) atoms. The van der Waals surface area contributed by atoms with Gasteiger partial charge in [0.15, 0.2) is 0 Å². The Morgan fingerprint density at radius 1 is 0.957 bits per heavy atom. The molecule has 6 nitrogen and oxygen atoms in total. The lowest BCUT2D eigenvalue weighted by Crippen LogP contribution is -2.20. The highest BCUT2D eigenvalue weighted by atomic mass is 16.5. The van der Waals surface area contributed by atoms with E-state index >= 15 is 0 Å². The number of amides is 2. The van der Waals surface area contributed by atoms with E-state index in [1.54, 1.807) is 42.5 Å². The molecule has 0 aliphatic rings. The predicted octanol–water partition coefficient (Wildman–Crippen LogP) is 3.75. The number of ether oxygens (including phenoxy) is 3. The van der Waals surface area contributed by atoms with E-state index in [0.29, 0.717) is 29.5 Å². The molecule has 0 radical (unpaired) electrons. The molecular formula is C17H20N2O4. The van der Waals surface area contributed by atoms with Gasteiger partial charge in [0.25, 0.3) is 0 Å². The van der Waals surface area contributed by atoms with E-state index in [2.05, 4.69) is 10.6 Å². The minimum atomic E-state index is -0.392. The summed E-state index contributed by atoms with van der Waals surface area (Å²) in [5.41, 5.74) is 1.13. The van der Waals surface area contributed by atoms with Crippen molar-refractivity contribution in [1.29, 1.82) is 0 Å². The van der Waals surface area contributed by atoms with Crippen LogP contribution >= 0.6 is 0 Å². The van der Waals surface area contributed by atoms with Gasteiger partial charge in [0.2, 0.25) is 0 Å². The van der Waals surface area contributed by atoms with Crippen molar-refractivity contribution in [1.82, 2.24) is 0 Å². The van der Waals surface area contributed by atoms with Crippen LogP contribution in [0.3, 0.4) is 0 Å². The van der Waals surface area contributed by atoms with Crippen molar-refractivity contribution >= 4 is 17.4 Å². The molecule has 0 saturated carbocycles. The lowest BCUT2D eigenvalue weighted by Gasteiger charge is -2.14. The third-order valence-corrected chi connectivity index (χ3v) is 3.09. The molecule has 6 heteroatoms. The van der Waals surface area contributed by atoms with E-state index in [1.165, 1.54) is 14.2 Å². The zero-order chi connectivity index (χ0) is 16.7. The minimum absolute atomic E-state index is 0.392. The quantitative estimate of drug-likeness (QED) is 0.851. The van der Waals surface area contributed by atoms with Crippen molar-refractivity contribution < 1.29 is 19.0 Å². The molecule has 0 heterocycles. The van der Waals surface area contributed by atoms with Gasteiger partial charge in [-0.1, -0.05) is 6.07 Å². The molecule has 0 unspecified atom stereocenters. The third kappa shape index (κ3) is 4.29. The fraction of sp³-hybridized carbons (Fsp3) is 0.235. The molecule has 2 aromatic carbocycles. The minimum Gasteiger partial charge on any atom is -0.494 e. The van der Waals surface area contributed by atoms with Crippen molar-refractivity contribution in [3.8, 4) is 17.2 Å². The summed E-state index contributed by atoms with van der Waals surface area (Å²) in [5.74, 6) is 1.79. The number of rotatable bonds is 6. The summed E-state index contributed by atoms with van der Waals surface area (Å²) < 4.78 is 15.8. The molecule has 0 atom stereocenters. The second-order valence-corrected chi connectivity index (χ2v) is 4.57. The van der Waals surface area contributed by atoms with Gasteiger partial charge < -0.3 is 24.8 Å². The number of urea groups is 1. The Bertz CT molecular complexity index is 634. The van der Waals surface area contributed by atoms with E-state index in [4.69, 9.17) is 14.2 Å². The van der Waals surface area contributed by atoms with Crippen molar-refractivity contribution in [2.45, 2.75) is 6.92 Å². The van der Waals surface area contributed by atoms with Gasteiger partial charge in [-0.15, -0.1) is 0 Å². The second-order valence-electron chi connectivity index (χ2n) is 4.57. The molecule has 2 aromatic rings. The number of para-hydroxylation sites is 1. The Labute approximate surface area is 135 Å². The Morgan fingerprint density at radius 2 is 1.57 bits per heavy atom. The molecule has 2 amide bonds. The Morgan fingerprint density at radius 3 is 2.09 bits per heavy atom. The Balaban J connectivity index is 2.07. The van der Waals surface area contributed by atoms with Crippen LogP contribution in [-0.2, 0) is 0 Å². The maximum absolute atomic E-state index is 12.2. The van der Waals surface area contributed by atoms with Crippen LogP contribution in [0.25, 0.3) is 0 Å². The molecule has 2 N–H and O–H groups in total. The number of methoxy groups -OCH3 is 2. The van der Waals surface area contributed by atoms with Gasteiger partial charge in [-0.25, -0.2) is 4.79 Å². The van der Waals surface area contributed by atoms with Crippen LogP contribution in [0.4, 0.5) is 16.2 Å². The van der Waals surface area contributed by atoms with Crippen LogP contribution in [0.15, 0.2) is 42.5 Å². The first-order valence-corrected chi connectivity index (χ1v) is 7.19. The number of carbonyl (C=O) groups is 1. The number of nitrogens with one attached hydrogen (secondary N) is 2. The van der Waals surface area contributed by atoms with Crippen LogP contribution in [-0.4, -0.2) is 26.9 Å². The fourth-order valence-electron chi connectivity index (χ4n) is 2.05. The largest absolute Gasteiger partial charge is 0.494 e. The van der Waals surface area contributed by atoms with Gasteiger partial charge in [0, 0.05) is 5.69 Å². The SMILES string of the molecule is CCOc1ccc(NC(=O)Nc2c(OC)cccc2OC)cc1. The summed E-state index contributed by atoms with van der Waals surface area (Å²) >= 11 is 0. The zero-order valence-corrected chi connectivity index (χ0v) is 13.4. The number of anilines is 2. The van der Waals surface area contributed by atoms with Crippen LogP contribution in [0.1, 0.15) is 6.92 Å². The average Bonchev–Trinajstić information content (AvgIpc) is 2.57. The summed E-state index contributed by atoms with van der Waals surface area (Å²) in [6.07, 6.45) is 0. The summed E-state index contributed by atoms with van der Waals surface area (Å²) in [6, 6.07) is 12.0. The molecule has 0 aromatic heterocycles. The van der Waals surface area contributed by atoms with E-state index in [1.807, 2.05) is 6.92 Å². The molecule has 0 fully saturated rings. The van der Waals surface area contributed by atoms with Crippen molar-refractivity contribution in [2.75, 3.05) is 31.5 Å². The van der Waals surface area contributed by atoms with Crippen molar-refractivity contribution in [2.24, 2.45) is 0 Å². The van der Waals surface area contributed by atoms with Gasteiger partial charge in [0.1, 0.15) is 22.9 Å². The first kappa shape index (κ1) is 16.5. The van der Waals surface area contributed by atoms with Gasteiger partial charge in [-0.3, -0.25) is 0 Å². The van der Waals surface area contributed by atoms with E-state index in [0.717, 1.165) is 5.75 Å². The normalized spacial score (nSPS) is 9.87. The molecule has 0 saturated heterocycles. The van der Waals surface area contributed by atoms with Crippen LogP contribution in [0.5, 0.6) is 17.2 Å². The first-order valence-electron chi connectivity index (χ1n) is 7.19. The summed E-state index contributed by atoms with van der Waals surface area (Å²) in [6.45, 7) is 2.51. The van der Waals surface area contributed by atoms with Crippen LogP contribution in [0, 0.1) is 0 Å². The number of benzene rings is 2. The van der Waals surface area contributed by atoms with Gasteiger partial charge in [0.05, 0.1) is 20.8 Å². The lowest BCUT2D eigenvalue weighted by molar-refractivity contribution is 0.262. The summed E-state index contributed by atoms with van der Waals surface area (Å²) in [5, 5.41) is 5.48. The molecule has 0 aliphatic carbocycles. The summed E-state index contributed by atoms with van der Waals surface area (Å²) in [7, 11) is 3.06. The van der Waals surface area contributed by atoms with Gasteiger partial charge in [-0.2, -0.15) is 0 Å². The zero-order valence-electron chi connectivity index (χ0n) is 13.4. The number of hydrogen-bond acceptors (Lipinski definition) is 4. The smallest absolute Gasteiger partial charge is 0.323 e. The van der Waals surface area contributed by atoms with E-state index in [9.17, 15) is 4.79 Å². The average molecular weight is 316 g/mol. The summed E-state index contributed by atoms with van der Waals surface area (Å²) in [4.78, 5) is 12.2. The molecular weight excluding hydrogens is 296 g/mol. The van der Waals surface area contributed by atoms with E-state index in [-0.39, 0.29) is 0 Å². The van der Waals surface area contributed by atoms with Crippen molar-refractivity contribution in [3.05, 3.63) is 42.5 Å². The fourth-order valence-corrected chi connectivity index (χ4v) is 2.05. The second kappa shape index (κ2) is 7.93. The highest BCUT2D eigenvalue weighted by Crippen LogP contribution is 2.34. The number of hydrogen-bond donors (Lipinski definition) is 2. The highest BCUT2D eigenvalue weighted by Gasteiger charge is 2.13. The predicted molar refractivity (Wildman–Crippen MR) is 89.8 cm³/mol. The lowest BCUT2D eigenvalue weighted by atomic mass is 10.2. The topological polar surface area (TPSA) is 68.8 Å². The first-order chi connectivity index (χ1) is 11.2. The van der Waals surface area contributed by atoms with Crippen LogP contribution < -0.4 is 24.8 Å². The standard InChI is InChI=1S/C17H20N2O4/c1-4-23-13-10-8-12(9-11-13)18-17(20)19-16-14(21-2)6-5-7-15(16)22-3/h5-11H,4H2,1-3H3,(H2,18,19,20). The van der Waals surface area contributed by atoms with Crippen LogP contribution in [0.2, 0.25) is 0 Å². The highest BCUT2D eigenvalue weighted by molar-refractivity contribution is 6.01. The molecule has 0 spiro atoms. The number of carbonyl (C=O) groups excluding carboxylic acids is 1. The van der Waals surface area contributed by atoms with E-state index < -0.39 is 6.03 Å². The molecule has 122 valence electrons. The molecule has 0 aliphatic heterocycles. The Hall–Kier alpha value is -2.89. The maximum atomic E-state index is 12.2. The van der Waals surface area contributed by atoms with Crippen molar-refractivity contribution in [3.63, 3.8) is 0 Å². The monoisotopic (exact) mass is 316 g/mol. The maximum Gasteiger partial charge on any atom is 0.323 e. The van der Waals surface area contributed by atoms with Gasteiger partial charge in [-0.05, 0) is 43.3 Å². The molecule has 2 rings (SSSR count). The molecule has 0 bridgehead atoms. The Kier molecular flexibility index (Phi) is 5.68. The third-order valence-electron chi connectivity index (χ3n) is 3.09. The van der Waals surface area contributed by atoms with Gasteiger partial charge >= 0.3 is 6.03 Å².